The minimum absolute atomic E-state index is 0.833. The molecule has 0 saturated heterocycles. The molecule has 0 aliphatic rings. The van der Waals surface area contributed by atoms with Gasteiger partial charge in [-0.1, -0.05) is 406 Å². The Morgan fingerprint density at radius 1 is 0.0903 bits per heavy atom. The van der Waals surface area contributed by atoms with Crippen LogP contribution in [0.4, 0.5) is 0 Å². The highest BCUT2D eigenvalue weighted by Crippen LogP contribution is 2.53. The second-order valence-electron chi connectivity index (χ2n) is 37.6. The molecule has 0 aliphatic heterocycles. The van der Waals surface area contributed by atoms with E-state index in [2.05, 4.69) is 431 Å². The van der Waals surface area contributed by atoms with E-state index < -0.39 is 0 Å². The van der Waals surface area contributed by atoms with Crippen LogP contribution in [-0.2, 0) is 0 Å². The summed E-state index contributed by atoms with van der Waals surface area (Å²) in [6.07, 6.45) is 0. The zero-order valence-electron chi connectivity index (χ0n) is 77.8. The lowest BCUT2D eigenvalue weighted by molar-refractivity contribution is 0.656. The van der Waals surface area contributed by atoms with Gasteiger partial charge < -0.3 is 26.5 Å². The summed E-state index contributed by atoms with van der Waals surface area (Å²) in [5.41, 5.74) is 34.8. The van der Waals surface area contributed by atoms with Gasteiger partial charge in [0.2, 0.25) is 0 Å². The summed E-state index contributed by atoms with van der Waals surface area (Å²) in [5, 5.41) is 28.0. The molecule has 6 aromatic heterocycles. The molecular formula is C138H82O6. The van der Waals surface area contributed by atoms with Crippen molar-refractivity contribution in [3.8, 4) is 111 Å². The smallest absolute Gasteiger partial charge is 0.139 e. The van der Waals surface area contributed by atoms with Gasteiger partial charge in [-0.05, 0) is 261 Å². The van der Waals surface area contributed by atoms with E-state index in [0.29, 0.717) is 0 Å². The molecule has 25 aromatic carbocycles. The predicted molar refractivity (Wildman–Crippen MR) is 602 cm³/mol. The average Bonchev–Trinajstić information content (AvgIpc) is 1.36. The number of fused-ring (bicyclic) bond motifs is 26. The van der Waals surface area contributed by atoms with E-state index in [-0.39, 0.29) is 0 Å². The van der Waals surface area contributed by atoms with E-state index in [1.165, 1.54) is 170 Å². The maximum absolute atomic E-state index is 6.44. The monoisotopic (exact) mass is 1830 g/mol. The van der Waals surface area contributed by atoms with Crippen LogP contribution in [0.2, 0.25) is 0 Å². The van der Waals surface area contributed by atoms with Crippen LogP contribution in [0, 0.1) is 0 Å². The molecule has 0 aliphatic carbocycles. The fourth-order valence-electron chi connectivity index (χ4n) is 23.2. The number of para-hydroxylation sites is 3. The number of rotatable bonds is 10. The lowest BCUT2D eigenvalue weighted by atomic mass is 9.83. The Morgan fingerprint density at radius 2 is 0.292 bits per heavy atom. The SMILES string of the molecule is c1ccc(-c2ccc(-c3c4ccccc4c(-c4ccc5oc6ccc7oc8ccccc8c7c6c5c4)c4ccccc34)cc2)cc1.c1ccc(-c2ccc(-c3ccc(-c4c5ccccc5c(-c5ccc6oc7cc8oc9ccccc9c8cc7c6c5)c5ccccc45)cc3)cc2)cc1.c1ccc(-c2ccccc2-c2c3ccccc3c(-c3ccc4oc5ccc6oc7ccccc7c6c5c4c3)c3ccccc23)cc1. The molecule has 31 rings (SSSR count). The van der Waals surface area contributed by atoms with E-state index >= 15 is 0 Å². The third-order valence-corrected chi connectivity index (χ3v) is 29.6. The van der Waals surface area contributed by atoms with Crippen molar-refractivity contribution in [2.24, 2.45) is 0 Å². The van der Waals surface area contributed by atoms with Crippen LogP contribution in [0.15, 0.2) is 524 Å². The van der Waals surface area contributed by atoms with Crippen LogP contribution in [0.5, 0.6) is 0 Å². The normalized spacial score (nSPS) is 11.9. The lowest BCUT2D eigenvalue weighted by Gasteiger charge is -2.19. The van der Waals surface area contributed by atoms with E-state index in [9.17, 15) is 0 Å². The van der Waals surface area contributed by atoms with Crippen LogP contribution in [0.25, 0.3) is 308 Å². The molecule has 670 valence electrons. The first-order valence-electron chi connectivity index (χ1n) is 49.1. The number of furan rings is 6. The molecule has 0 fully saturated rings. The molecule has 144 heavy (non-hydrogen) atoms. The molecule has 0 spiro atoms. The Bertz CT molecular complexity index is 10500. The summed E-state index contributed by atoms with van der Waals surface area (Å²) in [4.78, 5) is 0. The van der Waals surface area contributed by atoms with Crippen LogP contribution in [-0.4, -0.2) is 0 Å². The minimum Gasteiger partial charge on any atom is -0.456 e. The molecule has 0 N–H and O–H groups in total. The van der Waals surface area contributed by atoms with Gasteiger partial charge >= 0.3 is 0 Å². The topological polar surface area (TPSA) is 78.8 Å². The van der Waals surface area contributed by atoms with Gasteiger partial charge in [-0.2, -0.15) is 0 Å². The zero-order valence-corrected chi connectivity index (χ0v) is 77.8. The van der Waals surface area contributed by atoms with Crippen molar-refractivity contribution in [2.45, 2.75) is 0 Å². The van der Waals surface area contributed by atoms with Gasteiger partial charge in [-0.3, -0.25) is 0 Å². The summed E-state index contributed by atoms with van der Waals surface area (Å²) >= 11 is 0. The average molecular weight is 1840 g/mol. The van der Waals surface area contributed by atoms with Gasteiger partial charge in [-0.15, -0.1) is 0 Å². The van der Waals surface area contributed by atoms with Crippen molar-refractivity contribution >= 4 is 196 Å². The molecule has 0 unspecified atom stereocenters. The Hall–Kier alpha value is -19.1. The first kappa shape index (κ1) is 82.0. The van der Waals surface area contributed by atoms with Crippen molar-refractivity contribution < 1.29 is 26.5 Å². The third kappa shape index (κ3) is 13.3. The van der Waals surface area contributed by atoms with Crippen molar-refractivity contribution in [1.29, 1.82) is 0 Å². The maximum atomic E-state index is 6.44. The second-order valence-corrected chi connectivity index (χ2v) is 37.6. The molecule has 6 nitrogen and oxygen atoms in total. The maximum Gasteiger partial charge on any atom is 0.139 e. The highest BCUT2D eigenvalue weighted by Gasteiger charge is 2.27. The van der Waals surface area contributed by atoms with Gasteiger partial charge in [0.15, 0.2) is 0 Å². The van der Waals surface area contributed by atoms with Crippen LogP contribution in [0.1, 0.15) is 0 Å². The van der Waals surface area contributed by atoms with Crippen molar-refractivity contribution in [2.75, 3.05) is 0 Å². The summed E-state index contributed by atoms with van der Waals surface area (Å²) in [6.45, 7) is 0. The first-order chi connectivity index (χ1) is 71.4. The molecule has 6 heterocycles. The van der Waals surface area contributed by atoms with E-state index in [1.54, 1.807) is 0 Å². The van der Waals surface area contributed by atoms with Crippen LogP contribution < -0.4 is 0 Å². The predicted octanol–water partition coefficient (Wildman–Crippen LogP) is 40.0. The molecular weight excluding hydrogens is 1750 g/mol. The largest absolute Gasteiger partial charge is 0.456 e. The standard InChI is InChI=1S/C50H30O2.2C44H26O2/c1-2-10-31(11-3-1)32-18-20-33(21-19-32)34-22-24-35(25-23-34)49-38-13-4-6-15-40(38)50(41-16-7-5-14-39(41)49)36-26-27-46-42(28-36)44-29-43-37-12-8-9-17-45(37)51-47(43)30-48(44)52-46;1-2-10-27(11-3-1)28-18-20-29(21-19-28)41-31-12-4-6-14-33(31)42(34-15-7-5-13-32(34)41)30-22-23-38-36(26-30)44-40(46-38)25-24-39-43(44)35-16-8-9-17-37(35)45-39;1-2-12-27(13-3-1)29-14-4-5-15-30(29)42-33-18-8-6-16-31(33)41(32-17-7-9-19-34(32)42)28-22-23-38-36(26-28)44-40(46-38)25-24-39-43(44)35-20-10-11-21-37(35)45-39/h1-30H;2*1-26H. The minimum atomic E-state index is 0.833. The lowest BCUT2D eigenvalue weighted by Crippen LogP contribution is -1.92. The third-order valence-electron chi connectivity index (χ3n) is 29.6. The fraction of sp³-hybridized carbons (Fsp3) is 0. The highest BCUT2D eigenvalue weighted by atomic mass is 16.4. The number of hydrogen-bond acceptors (Lipinski definition) is 6. The molecule has 31 aromatic rings. The molecule has 0 amide bonds. The van der Waals surface area contributed by atoms with Gasteiger partial charge in [0.25, 0.3) is 0 Å². The number of hydrogen-bond donors (Lipinski definition) is 0. The Labute approximate surface area is 825 Å². The molecule has 0 radical (unpaired) electrons. The van der Waals surface area contributed by atoms with Crippen LogP contribution in [0.3, 0.4) is 0 Å². The molecule has 0 atom stereocenters. The zero-order chi connectivity index (χ0) is 94.6. The Balaban J connectivity index is 0.000000103. The van der Waals surface area contributed by atoms with Gasteiger partial charge in [0.1, 0.15) is 67.0 Å². The van der Waals surface area contributed by atoms with Crippen molar-refractivity contribution in [3.05, 3.63) is 497 Å². The molecule has 0 bridgehead atoms. The first-order valence-corrected chi connectivity index (χ1v) is 49.1. The molecule has 6 heteroatoms. The van der Waals surface area contributed by atoms with Crippen LogP contribution >= 0.6 is 0 Å². The van der Waals surface area contributed by atoms with Gasteiger partial charge in [0, 0.05) is 70.7 Å². The Morgan fingerprint density at radius 3 is 0.639 bits per heavy atom. The highest BCUT2D eigenvalue weighted by molar-refractivity contribution is 6.31. The van der Waals surface area contributed by atoms with Crippen molar-refractivity contribution in [1.82, 2.24) is 0 Å². The van der Waals surface area contributed by atoms with E-state index in [0.717, 1.165) is 137 Å². The summed E-state index contributed by atoms with van der Waals surface area (Å²) in [6, 6.07) is 178. The number of benzene rings is 25. The van der Waals surface area contributed by atoms with Crippen molar-refractivity contribution in [3.63, 3.8) is 0 Å². The fourth-order valence-corrected chi connectivity index (χ4v) is 23.2. The quantitative estimate of drug-likeness (QED) is 0.127. The summed E-state index contributed by atoms with van der Waals surface area (Å²) in [5.74, 6) is 0. The van der Waals surface area contributed by atoms with Gasteiger partial charge in [-0.25, -0.2) is 0 Å². The summed E-state index contributed by atoms with van der Waals surface area (Å²) in [7, 11) is 0. The van der Waals surface area contributed by atoms with E-state index in [1.807, 2.05) is 66.7 Å². The Kier molecular flexibility index (Phi) is 19.0. The molecule has 0 saturated carbocycles. The van der Waals surface area contributed by atoms with Gasteiger partial charge in [0.05, 0.1) is 0 Å². The van der Waals surface area contributed by atoms with E-state index in [4.69, 9.17) is 26.5 Å². The second kappa shape index (κ2) is 33.3. The summed E-state index contributed by atoms with van der Waals surface area (Å²) < 4.78 is 38.0.